The zero-order valence-corrected chi connectivity index (χ0v) is 14.4. The van der Waals surface area contributed by atoms with E-state index in [0.29, 0.717) is 0 Å². The van der Waals surface area contributed by atoms with Crippen molar-refractivity contribution in [2.24, 2.45) is 0 Å². The Morgan fingerprint density at radius 3 is 1.21 bits per heavy atom. The number of carbonyl (C=O) groups is 6. The summed E-state index contributed by atoms with van der Waals surface area (Å²) in [6.45, 7) is 1.47. The highest BCUT2D eigenvalue weighted by molar-refractivity contribution is 6.33. The molecule has 9 nitrogen and oxygen atoms in total. The van der Waals surface area contributed by atoms with Gasteiger partial charge < -0.3 is 0 Å². The fraction of sp³-hybridized carbons (Fsp3) is 0.0526. The molecule has 0 N–H and O–H groups in total. The van der Waals surface area contributed by atoms with Gasteiger partial charge in [0.2, 0.25) is 0 Å². The Kier molecular flexibility index (Phi) is 3.67. The molecule has 1 aromatic rings. The summed E-state index contributed by atoms with van der Waals surface area (Å²) >= 11 is 0. The van der Waals surface area contributed by atoms with Crippen molar-refractivity contribution in [3.63, 3.8) is 0 Å². The van der Waals surface area contributed by atoms with Gasteiger partial charge in [-0.05, 0) is 25.1 Å². The second-order valence-corrected chi connectivity index (χ2v) is 6.20. The summed E-state index contributed by atoms with van der Waals surface area (Å²) in [6.07, 6.45) is 5.43. The van der Waals surface area contributed by atoms with E-state index in [-0.39, 0.29) is 22.6 Å². The van der Waals surface area contributed by atoms with Crippen LogP contribution in [-0.4, -0.2) is 35.4 Å². The number of imide groups is 3. The smallest absolute Gasteiger partial charge is 0.261 e. The van der Waals surface area contributed by atoms with Crippen LogP contribution in [0.2, 0.25) is 0 Å². The molecule has 4 rings (SSSR count). The number of carbonyl (C=O) groups excluding carboxylic acids is 6. The molecule has 0 fully saturated rings. The van der Waals surface area contributed by atoms with Crippen LogP contribution in [-0.2, 0) is 28.8 Å². The summed E-state index contributed by atoms with van der Waals surface area (Å²) < 4.78 is 0. The summed E-state index contributed by atoms with van der Waals surface area (Å²) in [7, 11) is 0. The minimum atomic E-state index is -0.626. The molecule has 0 saturated carbocycles. The van der Waals surface area contributed by atoms with Crippen molar-refractivity contribution in [1.29, 1.82) is 0 Å². The molecule has 0 spiro atoms. The predicted molar refractivity (Wildman–Crippen MR) is 96.0 cm³/mol. The number of amides is 6. The first kappa shape index (κ1) is 17.3. The molecule has 0 radical (unpaired) electrons. The Hall–Kier alpha value is -4.14. The molecule has 0 bridgehead atoms. The highest BCUT2D eigenvalue weighted by Crippen LogP contribution is 2.34. The predicted octanol–water partition coefficient (Wildman–Crippen LogP) is 0.365. The van der Waals surface area contributed by atoms with E-state index in [4.69, 9.17) is 0 Å². The Morgan fingerprint density at radius 2 is 0.893 bits per heavy atom. The normalized spacial score (nSPS) is 19.0. The Labute approximate surface area is 157 Å². The molecule has 3 aliphatic rings. The van der Waals surface area contributed by atoms with Crippen LogP contribution >= 0.6 is 0 Å². The van der Waals surface area contributed by atoms with Crippen LogP contribution in [0.25, 0.3) is 0 Å². The average molecular weight is 377 g/mol. The topological polar surface area (TPSA) is 112 Å². The van der Waals surface area contributed by atoms with E-state index in [2.05, 4.69) is 0 Å². The van der Waals surface area contributed by atoms with Gasteiger partial charge >= 0.3 is 0 Å². The third kappa shape index (κ3) is 2.49. The van der Waals surface area contributed by atoms with Gasteiger partial charge in [-0.1, -0.05) is 0 Å². The van der Waals surface area contributed by atoms with Gasteiger partial charge in [0.05, 0.1) is 17.1 Å². The van der Waals surface area contributed by atoms with Crippen LogP contribution in [0.1, 0.15) is 6.92 Å². The molecule has 3 heterocycles. The first-order valence-corrected chi connectivity index (χ1v) is 8.12. The molecule has 0 unspecified atom stereocenters. The van der Waals surface area contributed by atoms with Crippen molar-refractivity contribution in [2.45, 2.75) is 6.92 Å². The van der Waals surface area contributed by atoms with Crippen LogP contribution in [0.15, 0.2) is 54.2 Å². The maximum absolute atomic E-state index is 12.4. The molecule has 0 atom stereocenters. The zero-order valence-electron chi connectivity index (χ0n) is 14.4. The molecule has 0 saturated heterocycles. The minimum absolute atomic E-state index is 0.0187. The zero-order chi connectivity index (χ0) is 20.2. The summed E-state index contributed by atoms with van der Waals surface area (Å²) in [5.74, 6) is -3.70. The number of rotatable bonds is 3. The fourth-order valence-electron chi connectivity index (χ4n) is 3.11. The molecule has 6 amide bonds. The Morgan fingerprint density at radius 1 is 0.536 bits per heavy atom. The quantitative estimate of drug-likeness (QED) is 0.704. The standard InChI is InChI=1S/C19H11N3O6/c1-10-6-18(27)22(19(10)28)13-8-11(20-14(23)2-3-15(20)24)7-12(9-13)21-16(25)4-5-17(21)26/h2-9H,1H3. The number of hydrogen-bond acceptors (Lipinski definition) is 6. The highest BCUT2D eigenvalue weighted by Gasteiger charge is 2.34. The van der Waals surface area contributed by atoms with E-state index in [0.717, 1.165) is 45.1 Å². The monoisotopic (exact) mass is 377 g/mol. The van der Waals surface area contributed by atoms with E-state index >= 15 is 0 Å². The van der Waals surface area contributed by atoms with Crippen LogP contribution in [0.4, 0.5) is 17.1 Å². The largest absolute Gasteiger partial charge is 0.269 e. The second-order valence-electron chi connectivity index (χ2n) is 6.20. The number of benzene rings is 1. The Bertz CT molecular complexity index is 1010. The number of hydrogen-bond donors (Lipinski definition) is 0. The van der Waals surface area contributed by atoms with Crippen molar-refractivity contribution in [3.8, 4) is 0 Å². The van der Waals surface area contributed by atoms with Crippen LogP contribution in [0.5, 0.6) is 0 Å². The molecule has 0 aliphatic carbocycles. The molecule has 28 heavy (non-hydrogen) atoms. The maximum atomic E-state index is 12.4. The van der Waals surface area contributed by atoms with Crippen LogP contribution in [0.3, 0.4) is 0 Å². The molecular formula is C19H11N3O6. The lowest BCUT2D eigenvalue weighted by Crippen LogP contribution is -2.34. The SMILES string of the molecule is CC1=CC(=O)N(c2cc(N3C(=O)C=CC3=O)cc(N3C(=O)C=CC3=O)c2)C1=O. The third-order valence-electron chi connectivity index (χ3n) is 4.38. The summed E-state index contributed by atoms with van der Waals surface area (Å²) in [4.78, 5) is 75.3. The fourth-order valence-corrected chi connectivity index (χ4v) is 3.11. The van der Waals surface area contributed by atoms with Crippen molar-refractivity contribution in [2.75, 3.05) is 14.7 Å². The maximum Gasteiger partial charge on any atom is 0.261 e. The van der Waals surface area contributed by atoms with Gasteiger partial charge in [-0.3, -0.25) is 28.8 Å². The van der Waals surface area contributed by atoms with Crippen molar-refractivity contribution >= 4 is 52.5 Å². The summed E-state index contributed by atoms with van der Waals surface area (Å²) in [5, 5.41) is 0. The van der Waals surface area contributed by atoms with Gasteiger partial charge in [0.25, 0.3) is 35.4 Å². The molecule has 0 aromatic heterocycles. The third-order valence-corrected chi connectivity index (χ3v) is 4.38. The molecule has 9 heteroatoms. The molecule has 1 aromatic carbocycles. The number of nitrogens with zero attached hydrogens (tertiary/aromatic N) is 3. The van der Waals surface area contributed by atoms with Gasteiger partial charge in [-0.25, -0.2) is 14.7 Å². The lowest BCUT2D eigenvalue weighted by Gasteiger charge is -2.23. The van der Waals surface area contributed by atoms with Crippen LogP contribution < -0.4 is 14.7 Å². The average Bonchev–Trinajstić information content (AvgIpc) is 3.23. The van der Waals surface area contributed by atoms with E-state index in [9.17, 15) is 28.8 Å². The van der Waals surface area contributed by atoms with E-state index in [1.54, 1.807) is 0 Å². The Balaban J connectivity index is 1.87. The highest BCUT2D eigenvalue weighted by atomic mass is 16.2. The van der Waals surface area contributed by atoms with Gasteiger partial charge in [0.1, 0.15) is 0 Å². The molecular weight excluding hydrogens is 366 g/mol. The van der Waals surface area contributed by atoms with E-state index in [1.165, 1.54) is 25.1 Å². The lowest BCUT2D eigenvalue weighted by molar-refractivity contribution is -0.121. The molecule has 3 aliphatic heterocycles. The number of anilines is 3. The first-order chi connectivity index (χ1) is 13.3. The van der Waals surface area contributed by atoms with E-state index in [1.807, 2.05) is 0 Å². The summed E-state index contributed by atoms with van der Waals surface area (Å²) in [6, 6.07) is 3.89. The van der Waals surface area contributed by atoms with Crippen molar-refractivity contribution in [3.05, 3.63) is 54.2 Å². The lowest BCUT2D eigenvalue weighted by atomic mass is 10.2. The first-order valence-electron chi connectivity index (χ1n) is 8.12. The summed E-state index contributed by atoms with van der Waals surface area (Å²) in [5.41, 5.74) is 0.271. The van der Waals surface area contributed by atoms with Crippen molar-refractivity contribution in [1.82, 2.24) is 0 Å². The minimum Gasteiger partial charge on any atom is -0.269 e. The molecule has 138 valence electrons. The van der Waals surface area contributed by atoms with Gasteiger partial charge in [0.15, 0.2) is 0 Å². The van der Waals surface area contributed by atoms with Gasteiger partial charge in [0, 0.05) is 36.0 Å². The van der Waals surface area contributed by atoms with Crippen LogP contribution in [0, 0.1) is 0 Å². The van der Waals surface area contributed by atoms with Gasteiger partial charge in [-0.15, -0.1) is 0 Å². The van der Waals surface area contributed by atoms with Crippen molar-refractivity contribution < 1.29 is 28.8 Å². The van der Waals surface area contributed by atoms with Gasteiger partial charge in [-0.2, -0.15) is 0 Å². The second kappa shape index (κ2) is 5.95. The van der Waals surface area contributed by atoms with E-state index < -0.39 is 35.4 Å².